The summed E-state index contributed by atoms with van der Waals surface area (Å²) in [4.78, 5) is 3.30. The van der Waals surface area contributed by atoms with Crippen molar-refractivity contribution in [2.24, 2.45) is 0 Å². The average molecular weight is 409 g/mol. The third-order valence-corrected chi connectivity index (χ3v) is 6.07. The van der Waals surface area contributed by atoms with Crippen LogP contribution in [-0.2, 0) is 10.0 Å². The summed E-state index contributed by atoms with van der Waals surface area (Å²) in [5.41, 5.74) is 2.17. The molecule has 0 aromatic heterocycles. The van der Waals surface area contributed by atoms with Gasteiger partial charge in [-0.25, -0.2) is 13.1 Å². The fourth-order valence-corrected chi connectivity index (χ4v) is 3.98. The first kappa shape index (κ1) is 22.0. The Hall–Kier alpha value is -2.29. The summed E-state index contributed by atoms with van der Waals surface area (Å²) in [5, 5.41) is 0. The van der Waals surface area contributed by atoms with Gasteiger partial charge in [-0.1, -0.05) is 12.1 Å². The van der Waals surface area contributed by atoms with Crippen LogP contribution in [0.4, 0.5) is 5.69 Å². The zero-order valence-corrected chi connectivity index (χ0v) is 18.1. The molecule has 1 atom stereocenters. The Labute approximate surface area is 167 Å². The van der Waals surface area contributed by atoms with Crippen molar-refractivity contribution in [1.82, 2.24) is 4.72 Å². The molecule has 0 spiro atoms. The largest absolute Gasteiger partial charge is 0.493 e. The van der Waals surface area contributed by atoms with E-state index in [1.807, 2.05) is 57.4 Å². The molecule has 2 rings (SSSR count). The number of likely N-dealkylation sites (N-methyl/N-ethyl adjacent to an activating group) is 1. The number of nitrogens with zero attached hydrogens (tertiary/aromatic N) is 1. The molecular weight excluding hydrogens is 378 g/mol. The molecule has 0 unspecified atom stereocenters. The van der Waals surface area contributed by atoms with E-state index in [1.165, 1.54) is 26.4 Å². The topological polar surface area (TPSA) is 72.3 Å². The molecule has 0 saturated carbocycles. The predicted molar refractivity (Wildman–Crippen MR) is 111 cm³/mol. The van der Waals surface area contributed by atoms with Crippen LogP contribution in [0.1, 0.15) is 11.6 Å². The third-order valence-electron chi connectivity index (χ3n) is 4.65. The number of quaternary nitrogens is 1. The standard InChI is InChI=1S/C20H29N3O4S/c1-22(2)16-9-7-15(8-10-16)18(23(3)4)14-21-28(24,25)17-11-12-19(26-5)20(13-17)27-6/h7-13,18,21H,14H2,1-6H3/p+1/t18-/m1/s1. The first-order valence-corrected chi connectivity index (χ1v) is 10.5. The molecule has 8 heteroatoms. The van der Waals surface area contributed by atoms with Gasteiger partial charge in [0.05, 0.1) is 39.8 Å². The molecule has 2 aromatic carbocycles. The molecule has 28 heavy (non-hydrogen) atoms. The van der Waals surface area contributed by atoms with Gasteiger partial charge in [-0.3, -0.25) is 0 Å². The van der Waals surface area contributed by atoms with Crippen molar-refractivity contribution in [2.75, 3.05) is 53.9 Å². The highest BCUT2D eigenvalue weighted by Crippen LogP contribution is 2.29. The Balaban J connectivity index is 2.20. The average Bonchev–Trinajstić information content (AvgIpc) is 2.67. The van der Waals surface area contributed by atoms with Gasteiger partial charge in [0.1, 0.15) is 6.04 Å². The minimum atomic E-state index is -3.68. The number of anilines is 1. The quantitative estimate of drug-likeness (QED) is 0.646. The summed E-state index contributed by atoms with van der Waals surface area (Å²) >= 11 is 0. The normalized spacial score (nSPS) is 12.7. The molecule has 0 amide bonds. The highest BCUT2D eigenvalue weighted by atomic mass is 32.2. The Morgan fingerprint density at radius 2 is 1.61 bits per heavy atom. The van der Waals surface area contributed by atoms with Gasteiger partial charge in [-0.05, 0) is 24.3 Å². The van der Waals surface area contributed by atoms with Crippen molar-refractivity contribution in [3.05, 3.63) is 48.0 Å². The van der Waals surface area contributed by atoms with E-state index in [0.717, 1.165) is 16.2 Å². The highest BCUT2D eigenvalue weighted by molar-refractivity contribution is 7.89. The molecule has 0 radical (unpaired) electrons. The van der Waals surface area contributed by atoms with Gasteiger partial charge in [-0.15, -0.1) is 0 Å². The van der Waals surface area contributed by atoms with Gasteiger partial charge < -0.3 is 19.3 Å². The van der Waals surface area contributed by atoms with E-state index < -0.39 is 10.0 Å². The van der Waals surface area contributed by atoms with Crippen LogP contribution in [-0.4, -0.2) is 57.4 Å². The lowest BCUT2D eigenvalue weighted by Crippen LogP contribution is -3.07. The van der Waals surface area contributed by atoms with Crippen molar-refractivity contribution in [1.29, 1.82) is 0 Å². The van der Waals surface area contributed by atoms with Crippen LogP contribution in [0.15, 0.2) is 47.4 Å². The fraction of sp³-hybridized carbons (Fsp3) is 0.400. The summed E-state index contributed by atoms with van der Waals surface area (Å²) in [7, 11) is 7.30. The molecule has 2 N–H and O–H groups in total. The monoisotopic (exact) mass is 408 g/mol. The minimum Gasteiger partial charge on any atom is -0.493 e. The molecule has 0 aliphatic rings. The lowest BCUT2D eigenvalue weighted by atomic mass is 10.1. The Kier molecular flexibility index (Phi) is 7.29. The van der Waals surface area contributed by atoms with Crippen molar-refractivity contribution in [3.8, 4) is 11.5 Å². The summed E-state index contributed by atoms with van der Waals surface area (Å²) in [5.74, 6) is 0.859. The first-order valence-electron chi connectivity index (χ1n) is 8.98. The number of methoxy groups -OCH3 is 2. The van der Waals surface area contributed by atoms with Crippen LogP contribution in [0.5, 0.6) is 11.5 Å². The van der Waals surface area contributed by atoms with Gasteiger partial charge >= 0.3 is 0 Å². The van der Waals surface area contributed by atoms with E-state index in [-0.39, 0.29) is 17.5 Å². The van der Waals surface area contributed by atoms with Gasteiger partial charge in [0.15, 0.2) is 11.5 Å². The van der Waals surface area contributed by atoms with E-state index >= 15 is 0 Å². The molecule has 154 valence electrons. The number of hydrogen-bond acceptors (Lipinski definition) is 5. The van der Waals surface area contributed by atoms with E-state index in [4.69, 9.17) is 9.47 Å². The summed E-state index contributed by atoms with van der Waals surface area (Å²) in [6.45, 7) is 0.278. The van der Waals surface area contributed by atoms with Crippen LogP contribution < -0.4 is 24.0 Å². The van der Waals surface area contributed by atoms with Gasteiger partial charge in [0.25, 0.3) is 0 Å². The zero-order valence-electron chi connectivity index (χ0n) is 17.3. The smallest absolute Gasteiger partial charge is 0.240 e. The van der Waals surface area contributed by atoms with Crippen LogP contribution in [0, 0.1) is 0 Å². The SMILES string of the molecule is COc1ccc(S(=O)(=O)NC[C@H](c2ccc(N(C)C)cc2)[NH+](C)C)cc1OC. The number of hydrogen-bond donors (Lipinski definition) is 2. The zero-order chi connectivity index (χ0) is 20.9. The van der Waals surface area contributed by atoms with Crippen LogP contribution in [0.2, 0.25) is 0 Å². The van der Waals surface area contributed by atoms with Crippen molar-refractivity contribution < 1.29 is 22.8 Å². The molecule has 0 heterocycles. The number of sulfonamides is 1. The van der Waals surface area contributed by atoms with E-state index in [0.29, 0.717) is 11.5 Å². The minimum absolute atomic E-state index is 0.0221. The van der Waals surface area contributed by atoms with Crippen molar-refractivity contribution in [3.63, 3.8) is 0 Å². The Bertz CT molecular complexity index is 881. The summed E-state index contributed by atoms with van der Waals surface area (Å²) < 4.78 is 38.7. The Morgan fingerprint density at radius 3 is 2.11 bits per heavy atom. The molecule has 7 nitrogen and oxygen atoms in total. The lowest BCUT2D eigenvalue weighted by Gasteiger charge is -2.23. The van der Waals surface area contributed by atoms with E-state index in [9.17, 15) is 8.42 Å². The second-order valence-corrected chi connectivity index (χ2v) is 8.75. The van der Waals surface area contributed by atoms with E-state index in [2.05, 4.69) is 4.72 Å². The lowest BCUT2D eigenvalue weighted by molar-refractivity contribution is -0.890. The van der Waals surface area contributed by atoms with Crippen LogP contribution >= 0.6 is 0 Å². The van der Waals surface area contributed by atoms with Crippen molar-refractivity contribution >= 4 is 15.7 Å². The van der Waals surface area contributed by atoms with Crippen LogP contribution in [0.3, 0.4) is 0 Å². The fourth-order valence-electron chi connectivity index (χ4n) is 2.92. The number of nitrogens with one attached hydrogen (secondary N) is 2. The maximum Gasteiger partial charge on any atom is 0.240 e. The molecule has 0 aliphatic carbocycles. The molecular formula is C20H30N3O4S+. The first-order chi connectivity index (χ1) is 13.2. The number of rotatable bonds is 9. The van der Waals surface area contributed by atoms with Gasteiger partial charge in [-0.2, -0.15) is 0 Å². The molecule has 0 fully saturated rings. The molecule has 0 saturated heterocycles. The summed E-state index contributed by atoms with van der Waals surface area (Å²) in [6, 6.07) is 12.7. The predicted octanol–water partition coefficient (Wildman–Crippen LogP) is 0.934. The van der Waals surface area contributed by atoms with Gasteiger partial charge in [0, 0.05) is 31.4 Å². The highest BCUT2D eigenvalue weighted by Gasteiger charge is 2.23. The molecule has 0 bridgehead atoms. The molecule has 0 aliphatic heterocycles. The second-order valence-electron chi connectivity index (χ2n) is 6.98. The maximum absolute atomic E-state index is 12.8. The Morgan fingerprint density at radius 1 is 1.00 bits per heavy atom. The van der Waals surface area contributed by atoms with Crippen LogP contribution in [0.25, 0.3) is 0 Å². The third kappa shape index (κ3) is 5.15. The van der Waals surface area contributed by atoms with Gasteiger partial charge in [0.2, 0.25) is 10.0 Å². The van der Waals surface area contributed by atoms with Crippen molar-refractivity contribution in [2.45, 2.75) is 10.9 Å². The maximum atomic E-state index is 12.8. The summed E-state index contributed by atoms with van der Waals surface area (Å²) in [6.07, 6.45) is 0. The second kappa shape index (κ2) is 9.27. The number of benzene rings is 2. The molecule has 2 aromatic rings. The number of ether oxygens (including phenoxy) is 2. The van der Waals surface area contributed by atoms with E-state index in [1.54, 1.807) is 6.07 Å².